The van der Waals surface area contributed by atoms with Crippen molar-refractivity contribution in [1.29, 1.82) is 0 Å². The molecule has 3 nitrogen and oxygen atoms in total. The number of anilines is 1. The molecule has 1 atom stereocenters. The first-order chi connectivity index (χ1) is 7.06. The Labute approximate surface area is 88.8 Å². The predicted octanol–water partition coefficient (Wildman–Crippen LogP) is 1.31. The van der Waals surface area contributed by atoms with Gasteiger partial charge in [-0.05, 0) is 24.6 Å². The standard InChI is InChI=1S/C11H16FNO2/c1-8(15)9-3-4-11(10(12)7-9)13(2)5-6-14/h3-4,7-8,14-15H,5-6H2,1-2H3/t8-/m0/s1. The maximum absolute atomic E-state index is 13.5. The minimum Gasteiger partial charge on any atom is -0.395 e. The quantitative estimate of drug-likeness (QED) is 0.792. The van der Waals surface area contributed by atoms with Gasteiger partial charge in [0, 0.05) is 13.6 Å². The number of aliphatic hydroxyl groups excluding tert-OH is 2. The number of halogens is 1. The highest BCUT2D eigenvalue weighted by atomic mass is 19.1. The van der Waals surface area contributed by atoms with Crippen LogP contribution in [0.1, 0.15) is 18.6 Å². The Balaban J connectivity index is 2.92. The van der Waals surface area contributed by atoms with E-state index in [1.165, 1.54) is 6.07 Å². The van der Waals surface area contributed by atoms with Crippen LogP contribution in [0.4, 0.5) is 10.1 Å². The normalized spacial score (nSPS) is 12.6. The summed E-state index contributed by atoms with van der Waals surface area (Å²) < 4.78 is 13.5. The van der Waals surface area contributed by atoms with Crippen molar-refractivity contribution in [2.45, 2.75) is 13.0 Å². The van der Waals surface area contributed by atoms with Gasteiger partial charge in [-0.15, -0.1) is 0 Å². The van der Waals surface area contributed by atoms with Crippen LogP contribution in [0.3, 0.4) is 0 Å². The van der Waals surface area contributed by atoms with Crippen LogP contribution in [-0.2, 0) is 0 Å². The molecule has 0 aliphatic heterocycles. The fourth-order valence-corrected chi connectivity index (χ4v) is 1.36. The van der Waals surface area contributed by atoms with E-state index in [1.807, 2.05) is 0 Å². The molecule has 0 unspecified atom stereocenters. The van der Waals surface area contributed by atoms with E-state index >= 15 is 0 Å². The van der Waals surface area contributed by atoms with Crippen molar-refractivity contribution in [2.75, 3.05) is 25.1 Å². The molecule has 4 heteroatoms. The first kappa shape index (κ1) is 11.9. The molecule has 0 fully saturated rings. The molecule has 0 amide bonds. The summed E-state index contributed by atoms with van der Waals surface area (Å²) in [6.07, 6.45) is -0.670. The Morgan fingerprint density at radius 1 is 1.47 bits per heavy atom. The van der Waals surface area contributed by atoms with Gasteiger partial charge in [-0.25, -0.2) is 4.39 Å². The molecule has 0 saturated heterocycles. The minimum absolute atomic E-state index is 0.0197. The summed E-state index contributed by atoms with van der Waals surface area (Å²) >= 11 is 0. The largest absolute Gasteiger partial charge is 0.395 e. The molecule has 0 heterocycles. The minimum atomic E-state index is -0.670. The number of hydrogen-bond acceptors (Lipinski definition) is 3. The molecule has 0 aliphatic carbocycles. The van der Waals surface area contributed by atoms with Crippen LogP contribution in [-0.4, -0.2) is 30.4 Å². The van der Waals surface area contributed by atoms with Crippen molar-refractivity contribution in [2.24, 2.45) is 0 Å². The average molecular weight is 213 g/mol. The molecular formula is C11H16FNO2. The van der Waals surface area contributed by atoms with Crippen LogP contribution < -0.4 is 4.90 Å². The molecule has 0 radical (unpaired) electrons. The zero-order valence-electron chi connectivity index (χ0n) is 8.94. The van der Waals surface area contributed by atoms with Crippen LogP contribution >= 0.6 is 0 Å². The lowest BCUT2D eigenvalue weighted by Gasteiger charge is -2.19. The van der Waals surface area contributed by atoms with Gasteiger partial charge >= 0.3 is 0 Å². The molecule has 0 bridgehead atoms. The fraction of sp³-hybridized carbons (Fsp3) is 0.455. The van der Waals surface area contributed by atoms with Crippen LogP contribution in [0.25, 0.3) is 0 Å². The van der Waals surface area contributed by atoms with Gasteiger partial charge in [-0.2, -0.15) is 0 Å². The van der Waals surface area contributed by atoms with E-state index in [4.69, 9.17) is 5.11 Å². The maximum Gasteiger partial charge on any atom is 0.146 e. The monoisotopic (exact) mass is 213 g/mol. The molecule has 1 aromatic rings. The van der Waals surface area contributed by atoms with Crippen LogP contribution in [0.2, 0.25) is 0 Å². The van der Waals surface area contributed by atoms with Gasteiger partial charge in [-0.3, -0.25) is 0 Å². The van der Waals surface area contributed by atoms with Crippen molar-refractivity contribution in [3.63, 3.8) is 0 Å². The van der Waals surface area contributed by atoms with Crippen molar-refractivity contribution in [3.05, 3.63) is 29.6 Å². The third kappa shape index (κ3) is 2.91. The molecule has 2 N–H and O–H groups in total. The summed E-state index contributed by atoms with van der Waals surface area (Å²) in [5, 5.41) is 18.0. The van der Waals surface area contributed by atoms with E-state index in [9.17, 15) is 9.50 Å². The van der Waals surface area contributed by atoms with Gasteiger partial charge in [0.05, 0.1) is 18.4 Å². The molecule has 15 heavy (non-hydrogen) atoms. The molecule has 0 aliphatic rings. The summed E-state index contributed by atoms with van der Waals surface area (Å²) in [6.45, 7) is 1.95. The van der Waals surface area contributed by atoms with Gasteiger partial charge in [0.15, 0.2) is 0 Å². The Bertz CT molecular complexity index is 328. The molecule has 84 valence electrons. The number of hydrogen-bond donors (Lipinski definition) is 2. The summed E-state index contributed by atoms with van der Waals surface area (Å²) in [5.74, 6) is -0.385. The third-order valence-electron chi connectivity index (χ3n) is 2.30. The molecule has 0 aromatic heterocycles. The van der Waals surface area contributed by atoms with Gasteiger partial charge in [0.1, 0.15) is 5.82 Å². The number of aliphatic hydroxyl groups is 2. The first-order valence-electron chi connectivity index (χ1n) is 4.85. The maximum atomic E-state index is 13.5. The fourth-order valence-electron chi connectivity index (χ4n) is 1.36. The third-order valence-corrected chi connectivity index (χ3v) is 2.30. The van der Waals surface area contributed by atoms with Gasteiger partial charge in [0.25, 0.3) is 0 Å². The second-order valence-electron chi connectivity index (χ2n) is 3.53. The first-order valence-corrected chi connectivity index (χ1v) is 4.85. The molecule has 1 aromatic carbocycles. The SMILES string of the molecule is C[C@H](O)c1ccc(N(C)CCO)c(F)c1. The smallest absolute Gasteiger partial charge is 0.146 e. The highest BCUT2D eigenvalue weighted by molar-refractivity contribution is 5.48. The van der Waals surface area contributed by atoms with E-state index < -0.39 is 6.10 Å². The lowest BCUT2D eigenvalue weighted by molar-refractivity contribution is 0.199. The van der Waals surface area contributed by atoms with Crippen LogP contribution in [0.15, 0.2) is 18.2 Å². The van der Waals surface area contributed by atoms with E-state index in [1.54, 1.807) is 31.0 Å². The Hall–Kier alpha value is -1.13. The summed E-state index contributed by atoms with van der Waals surface area (Å²) in [4.78, 5) is 1.63. The Morgan fingerprint density at radius 2 is 2.13 bits per heavy atom. The Morgan fingerprint density at radius 3 is 2.60 bits per heavy atom. The summed E-state index contributed by atoms with van der Waals surface area (Å²) in [7, 11) is 1.71. The number of rotatable bonds is 4. The van der Waals surface area contributed by atoms with Crippen molar-refractivity contribution in [1.82, 2.24) is 0 Å². The second-order valence-corrected chi connectivity index (χ2v) is 3.53. The van der Waals surface area contributed by atoms with E-state index in [0.717, 1.165) is 0 Å². The van der Waals surface area contributed by atoms with Gasteiger partial charge in [0.2, 0.25) is 0 Å². The van der Waals surface area contributed by atoms with E-state index in [2.05, 4.69) is 0 Å². The number of nitrogens with zero attached hydrogens (tertiary/aromatic N) is 1. The zero-order chi connectivity index (χ0) is 11.4. The molecule has 0 spiro atoms. The predicted molar refractivity (Wildman–Crippen MR) is 57.4 cm³/mol. The van der Waals surface area contributed by atoms with E-state index in [0.29, 0.717) is 17.8 Å². The van der Waals surface area contributed by atoms with Crippen molar-refractivity contribution in [3.8, 4) is 0 Å². The summed E-state index contributed by atoms with van der Waals surface area (Å²) in [5.41, 5.74) is 0.974. The Kier molecular flexibility index (Phi) is 4.05. The van der Waals surface area contributed by atoms with Gasteiger partial charge < -0.3 is 15.1 Å². The lowest BCUT2D eigenvalue weighted by Crippen LogP contribution is -2.22. The van der Waals surface area contributed by atoms with Crippen LogP contribution in [0, 0.1) is 5.82 Å². The van der Waals surface area contributed by atoms with Crippen molar-refractivity contribution < 1.29 is 14.6 Å². The number of likely N-dealkylation sites (N-methyl/N-ethyl adjacent to an activating group) is 1. The topological polar surface area (TPSA) is 43.7 Å². The second kappa shape index (κ2) is 5.09. The molecule has 0 saturated carbocycles. The van der Waals surface area contributed by atoms with Crippen LogP contribution in [0.5, 0.6) is 0 Å². The molecule has 1 rings (SSSR count). The van der Waals surface area contributed by atoms with Gasteiger partial charge in [-0.1, -0.05) is 6.07 Å². The number of benzene rings is 1. The van der Waals surface area contributed by atoms with E-state index in [-0.39, 0.29) is 12.4 Å². The highest BCUT2D eigenvalue weighted by Crippen LogP contribution is 2.22. The average Bonchev–Trinajstić information content (AvgIpc) is 2.17. The molecular weight excluding hydrogens is 197 g/mol. The zero-order valence-corrected chi connectivity index (χ0v) is 8.94. The highest BCUT2D eigenvalue weighted by Gasteiger charge is 2.09. The lowest BCUT2D eigenvalue weighted by atomic mass is 10.1. The summed E-state index contributed by atoms with van der Waals surface area (Å²) in [6, 6.07) is 4.60. The van der Waals surface area contributed by atoms with Crippen molar-refractivity contribution >= 4 is 5.69 Å².